The lowest BCUT2D eigenvalue weighted by Gasteiger charge is -2.14. The van der Waals surface area contributed by atoms with Gasteiger partial charge in [-0.2, -0.15) is 0 Å². The van der Waals surface area contributed by atoms with Crippen LogP contribution in [0.1, 0.15) is 35.9 Å². The Balaban J connectivity index is 2.20. The first kappa shape index (κ1) is 12.9. The molecule has 0 saturated heterocycles. The molecule has 1 N–H and O–H groups in total. The molecule has 2 aromatic rings. The number of nitrogens with one attached hydrogen (secondary N) is 1. The van der Waals surface area contributed by atoms with Gasteiger partial charge >= 0.3 is 0 Å². The van der Waals surface area contributed by atoms with Crippen molar-refractivity contribution in [2.24, 2.45) is 0 Å². The summed E-state index contributed by atoms with van der Waals surface area (Å²) in [4.78, 5) is 8.33. The number of halogens is 1. The molecule has 2 aromatic heterocycles. The van der Waals surface area contributed by atoms with Gasteiger partial charge in [0.1, 0.15) is 28.3 Å². The van der Waals surface area contributed by atoms with E-state index in [1.165, 1.54) is 0 Å². The van der Waals surface area contributed by atoms with E-state index in [1.807, 2.05) is 26.8 Å². The van der Waals surface area contributed by atoms with Crippen LogP contribution >= 0.6 is 11.6 Å². The van der Waals surface area contributed by atoms with E-state index in [9.17, 15) is 0 Å². The molecular weight excluding hydrogens is 250 g/mol. The van der Waals surface area contributed by atoms with Crippen LogP contribution in [0.15, 0.2) is 16.5 Å². The number of hydrogen-bond acceptors (Lipinski definition) is 4. The molecule has 4 nitrogen and oxygen atoms in total. The molecule has 0 saturated carbocycles. The number of aromatic nitrogens is 2. The van der Waals surface area contributed by atoms with Crippen LogP contribution in [0.25, 0.3) is 0 Å². The lowest BCUT2D eigenvalue weighted by atomic mass is 10.1. The van der Waals surface area contributed by atoms with E-state index in [2.05, 4.69) is 22.2 Å². The van der Waals surface area contributed by atoms with Crippen molar-refractivity contribution in [1.29, 1.82) is 0 Å². The summed E-state index contributed by atoms with van der Waals surface area (Å²) in [5, 5.41) is 3.74. The Labute approximate surface area is 111 Å². The maximum Gasteiger partial charge on any atom is 0.134 e. The predicted octanol–water partition coefficient (Wildman–Crippen LogP) is 3.82. The quantitative estimate of drug-likeness (QED) is 0.857. The van der Waals surface area contributed by atoms with E-state index in [0.29, 0.717) is 11.0 Å². The van der Waals surface area contributed by atoms with Crippen LogP contribution in [0.3, 0.4) is 0 Å². The van der Waals surface area contributed by atoms with Gasteiger partial charge in [0.15, 0.2) is 0 Å². The summed E-state index contributed by atoms with van der Waals surface area (Å²) in [5.74, 6) is 3.20. The van der Waals surface area contributed by atoms with Crippen LogP contribution < -0.4 is 5.32 Å². The van der Waals surface area contributed by atoms with Crippen molar-refractivity contribution in [2.75, 3.05) is 5.32 Å². The molecule has 2 heterocycles. The molecule has 1 atom stereocenters. The second kappa shape index (κ2) is 4.98. The molecule has 18 heavy (non-hydrogen) atoms. The van der Waals surface area contributed by atoms with Crippen LogP contribution in [-0.4, -0.2) is 9.97 Å². The first-order valence-corrected chi connectivity index (χ1v) is 6.18. The average Bonchev–Trinajstić information content (AvgIpc) is 2.56. The topological polar surface area (TPSA) is 51.0 Å². The smallest absolute Gasteiger partial charge is 0.134 e. The van der Waals surface area contributed by atoms with Gasteiger partial charge in [0, 0.05) is 11.6 Å². The summed E-state index contributed by atoms with van der Waals surface area (Å²) < 4.78 is 5.52. The van der Waals surface area contributed by atoms with Gasteiger partial charge in [-0.15, -0.1) is 0 Å². The van der Waals surface area contributed by atoms with E-state index >= 15 is 0 Å². The van der Waals surface area contributed by atoms with E-state index in [4.69, 9.17) is 16.0 Å². The van der Waals surface area contributed by atoms with E-state index in [1.54, 1.807) is 6.07 Å². The van der Waals surface area contributed by atoms with Crippen LogP contribution in [-0.2, 0) is 0 Å². The molecule has 0 amide bonds. The van der Waals surface area contributed by atoms with Gasteiger partial charge in [-0.1, -0.05) is 11.6 Å². The molecule has 0 aliphatic rings. The number of hydrogen-bond donors (Lipinski definition) is 1. The van der Waals surface area contributed by atoms with E-state index < -0.39 is 0 Å². The minimum absolute atomic E-state index is 0.104. The van der Waals surface area contributed by atoms with E-state index in [0.717, 1.165) is 22.9 Å². The zero-order chi connectivity index (χ0) is 13.3. The zero-order valence-corrected chi connectivity index (χ0v) is 11.7. The Morgan fingerprint density at radius 3 is 2.50 bits per heavy atom. The lowest BCUT2D eigenvalue weighted by Crippen LogP contribution is -2.09. The minimum Gasteiger partial charge on any atom is -0.466 e. The number of rotatable bonds is 3. The molecule has 2 rings (SSSR count). The van der Waals surface area contributed by atoms with Gasteiger partial charge in [0.2, 0.25) is 0 Å². The largest absolute Gasteiger partial charge is 0.466 e. The van der Waals surface area contributed by atoms with Gasteiger partial charge in [-0.3, -0.25) is 0 Å². The molecule has 96 valence electrons. The third kappa shape index (κ3) is 2.82. The SMILES string of the molecule is Cc1nc(Cl)cc(NC(C)c2cc(C)oc2C)n1. The number of furan rings is 1. The third-order valence-corrected chi connectivity index (χ3v) is 2.91. The molecule has 0 aliphatic heterocycles. The fraction of sp³-hybridized carbons (Fsp3) is 0.385. The average molecular weight is 266 g/mol. The summed E-state index contributed by atoms with van der Waals surface area (Å²) in [6.07, 6.45) is 0. The standard InChI is InChI=1S/C13H16ClN3O/c1-7-5-11(9(3)18-7)8(2)15-13-6-12(14)16-10(4)17-13/h5-6,8H,1-4H3,(H,15,16,17). The van der Waals surface area contributed by atoms with Gasteiger partial charge in [-0.25, -0.2) is 9.97 Å². The summed E-state index contributed by atoms with van der Waals surface area (Å²) in [6.45, 7) is 7.77. The van der Waals surface area contributed by atoms with Crippen molar-refractivity contribution in [3.05, 3.63) is 40.2 Å². The second-order valence-electron chi connectivity index (χ2n) is 4.36. The first-order valence-electron chi connectivity index (χ1n) is 5.80. The molecule has 5 heteroatoms. The van der Waals surface area contributed by atoms with Gasteiger partial charge < -0.3 is 9.73 Å². The normalized spacial score (nSPS) is 12.5. The fourth-order valence-corrected chi connectivity index (χ4v) is 2.21. The highest BCUT2D eigenvalue weighted by Crippen LogP contribution is 2.24. The molecule has 0 aliphatic carbocycles. The van der Waals surface area contributed by atoms with Gasteiger partial charge in [0.05, 0.1) is 6.04 Å². The van der Waals surface area contributed by atoms with Gasteiger partial charge in [-0.05, 0) is 33.8 Å². The van der Waals surface area contributed by atoms with Crippen LogP contribution in [0.5, 0.6) is 0 Å². The number of anilines is 1. The lowest BCUT2D eigenvalue weighted by molar-refractivity contribution is 0.500. The Hall–Kier alpha value is -1.55. The molecule has 1 unspecified atom stereocenters. The van der Waals surface area contributed by atoms with Crippen molar-refractivity contribution in [2.45, 2.75) is 33.7 Å². The van der Waals surface area contributed by atoms with Crippen molar-refractivity contribution in [3.8, 4) is 0 Å². The van der Waals surface area contributed by atoms with Crippen molar-refractivity contribution >= 4 is 17.4 Å². The van der Waals surface area contributed by atoms with Crippen LogP contribution in [0.4, 0.5) is 5.82 Å². The summed E-state index contributed by atoms with van der Waals surface area (Å²) in [6, 6.07) is 3.85. The van der Waals surface area contributed by atoms with Crippen molar-refractivity contribution < 1.29 is 4.42 Å². The zero-order valence-electron chi connectivity index (χ0n) is 10.9. The Morgan fingerprint density at radius 1 is 1.22 bits per heavy atom. The molecule has 0 aromatic carbocycles. The maximum atomic E-state index is 5.91. The van der Waals surface area contributed by atoms with Crippen LogP contribution in [0.2, 0.25) is 5.15 Å². The second-order valence-corrected chi connectivity index (χ2v) is 4.74. The summed E-state index contributed by atoms with van der Waals surface area (Å²) >= 11 is 5.91. The van der Waals surface area contributed by atoms with Crippen LogP contribution in [0, 0.1) is 20.8 Å². The number of aryl methyl sites for hydroxylation is 3. The van der Waals surface area contributed by atoms with E-state index in [-0.39, 0.29) is 6.04 Å². The molecule has 0 fully saturated rings. The number of nitrogens with zero attached hydrogens (tertiary/aromatic N) is 2. The molecule has 0 bridgehead atoms. The van der Waals surface area contributed by atoms with Gasteiger partial charge in [0.25, 0.3) is 0 Å². The Morgan fingerprint density at radius 2 is 1.94 bits per heavy atom. The predicted molar refractivity (Wildman–Crippen MR) is 72.0 cm³/mol. The highest BCUT2D eigenvalue weighted by molar-refractivity contribution is 6.29. The Bertz CT molecular complexity index is 545. The first-order chi connectivity index (χ1) is 8.45. The highest BCUT2D eigenvalue weighted by atomic mass is 35.5. The fourth-order valence-electron chi connectivity index (χ4n) is 1.99. The van der Waals surface area contributed by atoms with Crippen molar-refractivity contribution in [3.63, 3.8) is 0 Å². The third-order valence-electron chi connectivity index (χ3n) is 2.72. The Kier molecular flexibility index (Phi) is 3.57. The molecule has 0 spiro atoms. The summed E-state index contributed by atoms with van der Waals surface area (Å²) in [5.41, 5.74) is 1.12. The minimum atomic E-state index is 0.104. The van der Waals surface area contributed by atoms with Crippen molar-refractivity contribution in [1.82, 2.24) is 9.97 Å². The molecule has 0 radical (unpaired) electrons. The summed E-state index contributed by atoms with van der Waals surface area (Å²) in [7, 11) is 0. The molecular formula is C13H16ClN3O. The highest BCUT2D eigenvalue weighted by Gasteiger charge is 2.13. The monoisotopic (exact) mass is 265 g/mol. The maximum absolute atomic E-state index is 5.91.